The van der Waals surface area contributed by atoms with E-state index in [2.05, 4.69) is 0 Å². The van der Waals surface area contributed by atoms with Gasteiger partial charge >= 0.3 is 0 Å². The Kier molecular flexibility index (Phi) is 1.12. The van der Waals surface area contributed by atoms with Crippen LogP contribution in [0.4, 0.5) is 0 Å². The molecule has 1 aliphatic rings. The van der Waals surface area contributed by atoms with Crippen molar-refractivity contribution in [2.24, 2.45) is 0 Å². The molecular formula is C3H7BO2. The SMILES string of the molecule is BOC[C@H]1CO1. The third-order valence-corrected chi connectivity index (χ3v) is 0.755. The van der Waals surface area contributed by atoms with E-state index in [1.165, 1.54) is 0 Å². The van der Waals surface area contributed by atoms with E-state index < -0.39 is 0 Å². The molecule has 0 unspecified atom stereocenters. The van der Waals surface area contributed by atoms with Crippen LogP contribution in [0.25, 0.3) is 0 Å². The van der Waals surface area contributed by atoms with Gasteiger partial charge in [0.15, 0.2) is 0 Å². The van der Waals surface area contributed by atoms with Crippen molar-refractivity contribution in [1.29, 1.82) is 0 Å². The van der Waals surface area contributed by atoms with E-state index in [0.717, 1.165) is 13.2 Å². The van der Waals surface area contributed by atoms with Crippen LogP contribution in [0, 0.1) is 0 Å². The van der Waals surface area contributed by atoms with Gasteiger partial charge in [-0.1, -0.05) is 0 Å². The highest BCUT2D eigenvalue weighted by atomic mass is 16.6. The molecule has 0 aromatic carbocycles. The molecule has 34 valence electrons. The predicted molar refractivity (Wildman–Crippen MR) is 24.2 cm³/mol. The van der Waals surface area contributed by atoms with Crippen molar-refractivity contribution in [1.82, 2.24) is 0 Å². The Bertz CT molecular complexity index is 44.1. The van der Waals surface area contributed by atoms with Gasteiger partial charge in [0, 0.05) is 0 Å². The summed E-state index contributed by atoms with van der Waals surface area (Å²) in [5, 5.41) is 0. The molecule has 1 heterocycles. The fourth-order valence-electron chi connectivity index (χ4n) is 0.350. The predicted octanol–water partition coefficient (Wildman–Crippen LogP) is -1.05. The van der Waals surface area contributed by atoms with Crippen LogP contribution >= 0.6 is 0 Å². The van der Waals surface area contributed by atoms with E-state index in [4.69, 9.17) is 9.39 Å². The Morgan fingerprint density at radius 3 is 2.83 bits per heavy atom. The van der Waals surface area contributed by atoms with Gasteiger partial charge in [-0.05, 0) is 0 Å². The Morgan fingerprint density at radius 1 is 2.00 bits per heavy atom. The maximum Gasteiger partial charge on any atom is 0.257 e. The van der Waals surface area contributed by atoms with Crippen LogP contribution in [0.1, 0.15) is 0 Å². The molecule has 1 fully saturated rings. The van der Waals surface area contributed by atoms with E-state index in [-0.39, 0.29) is 0 Å². The standard InChI is InChI=1S/C3H7BO2/c4-6-2-3-1-5-3/h3H,1-2,4H2/t3-/m1/s1. The molecular weight excluding hydrogens is 78.8 g/mol. The number of rotatable bonds is 2. The second-order valence-corrected chi connectivity index (χ2v) is 1.41. The first kappa shape index (κ1) is 4.15. The summed E-state index contributed by atoms with van der Waals surface area (Å²) < 4.78 is 9.56. The molecule has 0 aromatic heterocycles. The summed E-state index contributed by atoms with van der Waals surface area (Å²) in [4.78, 5) is 0. The quantitative estimate of drug-likeness (QED) is 0.316. The van der Waals surface area contributed by atoms with E-state index in [1.807, 2.05) is 0 Å². The van der Waals surface area contributed by atoms with Crippen molar-refractivity contribution in [3.8, 4) is 0 Å². The zero-order chi connectivity index (χ0) is 4.41. The molecule has 3 heteroatoms. The normalized spacial score (nSPS) is 30.3. The lowest BCUT2D eigenvalue weighted by Crippen LogP contribution is -1.96. The topological polar surface area (TPSA) is 21.8 Å². The molecule has 0 radical (unpaired) electrons. The van der Waals surface area contributed by atoms with Gasteiger partial charge in [-0.15, -0.1) is 0 Å². The molecule has 2 nitrogen and oxygen atoms in total. The van der Waals surface area contributed by atoms with Crippen LogP contribution in [-0.2, 0) is 9.39 Å². The Hall–Kier alpha value is -0.0151. The van der Waals surface area contributed by atoms with Crippen LogP contribution < -0.4 is 0 Å². The Labute approximate surface area is 37.9 Å². The van der Waals surface area contributed by atoms with Crippen LogP contribution in [0.2, 0.25) is 0 Å². The van der Waals surface area contributed by atoms with Crippen molar-refractivity contribution in [2.45, 2.75) is 6.10 Å². The Balaban J connectivity index is 1.88. The molecule has 0 spiro atoms. The highest BCUT2D eigenvalue weighted by Crippen LogP contribution is 2.06. The number of epoxide rings is 1. The van der Waals surface area contributed by atoms with Gasteiger partial charge < -0.3 is 9.39 Å². The molecule has 1 rings (SSSR count). The van der Waals surface area contributed by atoms with Crippen LogP contribution in [-0.4, -0.2) is 27.4 Å². The van der Waals surface area contributed by atoms with Gasteiger partial charge in [0.1, 0.15) is 6.10 Å². The molecule has 0 aromatic rings. The first-order chi connectivity index (χ1) is 2.93. The van der Waals surface area contributed by atoms with Crippen LogP contribution in [0.3, 0.4) is 0 Å². The molecule has 0 N–H and O–H groups in total. The van der Waals surface area contributed by atoms with E-state index in [0.29, 0.717) is 6.10 Å². The lowest BCUT2D eigenvalue weighted by atomic mass is 10.5. The first-order valence-electron chi connectivity index (χ1n) is 2.04. The highest BCUT2D eigenvalue weighted by Gasteiger charge is 2.20. The average Bonchev–Trinajstić information content (AvgIpc) is 2.21. The lowest BCUT2D eigenvalue weighted by Gasteiger charge is -1.85. The average molecular weight is 85.9 g/mol. The third-order valence-electron chi connectivity index (χ3n) is 0.755. The molecule has 1 aliphatic heterocycles. The summed E-state index contributed by atoms with van der Waals surface area (Å²) in [6, 6.07) is 0. The second-order valence-electron chi connectivity index (χ2n) is 1.41. The molecule has 0 saturated carbocycles. The summed E-state index contributed by atoms with van der Waals surface area (Å²) in [6.45, 7) is 1.66. The summed E-state index contributed by atoms with van der Waals surface area (Å²) in [6.07, 6.45) is 0.426. The largest absolute Gasteiger partial charge is 0.441 e. The Morgan fingerprint density at radius 2 is 2.67 bits per heavy atom. The van der Waals surface area contributed by atoms with Crippen LogP contribution in [0.15, 0.2) is 0 Å². The monoisotopic (exact) mass is 86.1 g/mol. The van der Waals surface area contributed by atoms with Gasteiger partial charge in [0.25, 0.3) is 8.05 Å². The van der Waals surface area contributed by atoms with Crippen molar-refractivity contribution in [2.75, 3.05) is 13.2 Å². The van der Waals surface area contributed by atoms with E-state index in [9.17, 15) is 0 Å². The van der Waals surface area contributed by atoms with E-state index in [1.54, 1.807) is 8.05 Å². The maximum atomic E-state index is 4.82. The summed E-state index contributed by atoms with van der Waals surface area (Å²) >= 11 is 0. The number of hydrogen-bond donors (Lipinski definition) is 0. The molecule has 6 heavy (non-hydrogen) atoms. The van der Waals surface area contributed by atoms with Gasteiger partial charge in [-0.3, -0.25) is 0 Å². The first-order valence-corrected chi connectivity index (χ1v) is 2.04. The second kappa shape index (κ2) is 1.62. The zero-order valence-corrected chi connectivity index (χ0v) is 3.81. The summed E-state index contributed by atoms with van der Waals surface area (Å²) in [5.74, 6) is 0. The molecule has 0 aliphatic carbocycles. The maximum absolute atomic E-state index is 4.82. The fourth-order valence-corrected chi connectivity index (χ4v) is 0.350. The van der Waals surface area contributed by atoms with Crippen molar-refractivity contribution < 1.29 is 9.39 Å². The van der Waals surface area contributed by atoms with Crippen molar-refractivity contribution >= 4 is 8.05 Å². The molecule has 0 bridgehead atoms. The highest BCUT2D eigenvalue weighted by molar-refractivity contribution is 5.97. The summed E-state index contributed by atoms with van der Waals surface area (Å²) in [5.41, 5.74) is 0. The summed E-state index contributed by atoms with van der Waals surface area (Å²) in [7, 11) is 1.68. The third kappa shape index (κ3) is 0.991. The number of hydrogen-bond acceptors (Lipinski definition) is 2. The fraction of sp³-hybridized carbons (Fsp3) is 1.00. The van der Waals surface area contributed by atoms with Gasteiger partial charge in [0.05, 0.1) is 13.2 Å². The molecule has 1 atom stereocenters. The minimum absolute atomic E-state index is 0.426. The number of ether oxygens (including phenoxy) is 1. The van der Waals surface area contributed by atoms with Gasteiger partial charge in [-0.2, -0.15) is 0 Å². The van der Waals surface area contributed by atoms with Crippen molar-refractivity contribution in [3.05, 3.63) is 0 Å². The van der Waals surface area contributed by atoms with Crippen LogP contribution in [0.5, 0.6) is 0 Å². The van der Waals surface area contributed by atoms with Gasteiger partial charge in [0.2, 0.25) is 0 Å². The lowest BCUT2D eigenvalue weighted by molar-refractivity contribution is 0.281. The van der Waals surface area contributed by atoms with Crippen molar-refractivity contribution in [3.63, 3.8) is 0 Å². The molecule has 1 saturated heterocycles. The zero-order valence-electron chi connectivity index (χ0n) is 3.81. The molecule has 0 amide bonds. The smallest absolute Gasteiger partial charge is 0.257 e. The van der Waals surface area contributed by atoms with Gasteiger partial charge in [-0.25, -0.2) is 0 Å². The minimum atomic E-state index is 0.426. The minimum Gasteiger partial charge on any atom is -0.441 e. The van der Waals surface area contributed by atoms with E-state index >= 15 is 0 Å².